The summed E-state index contributed by atoms with van der Waals surface area (Å²) < 4.78 is 0.920. The van der Waals surface area contributed by atoms with Gasteiger partial charge in [-0.15, -0.1) is 0 Å². The van der Waals surface area contributed by atoms with Crippen molar-refractivity contribution in [3.63, 3.8) is 0 Å². The van der Waals surface area contributed by atoms with E-state index in [0.29, 0.717) is 0 Å². The molecule has 0 spiro atoms. The first-order chi connectivity index (χ1) is 7.94. The van der Waals surface area contributed by atoms with Crippen LogP contribution in [0.15, 0.2) is 22.7 Å². The number of aliphatic hydroxyl groups excluding tert-OH is 1. The predicted molar refractivity (Wildman–Crippen MR) is 76.3 cm³/mol. The number of nitrogens with one attached hydrogen (secondary N) is 1. The molecular formula is C13H19BrClNO. The van der Waals surface area contributed by atoms with Crippen molar-refractivity contribution in [2.75, 3.05) is 13.2 Å². The van der Waals surface area contributed by atoms with Gasteiger partial charge in [0.1, 0.15) is 0 Å². The van der Waals surface area contributed by atoms with Gasteiger partial charge in [-0.3, -0.25) is 0 Å². The van der Waals surface area contributed by atoms with Gasteiger partial charge < -0.3 is 10.4 Å². The average molecular weight is 321 g/mol. The fourth-order valence-corrected chi connectivity index (χ4v) is 2.04. The lowest BCUT2D eigenvalue weighted by Crippen LogP contribution is -2.29. The molecule has 4 heteroatoms. The van der Waals surface area contributed by atoms with Crippen LogP contribution in [0.3, 0.4) is 0 Å². The molecule has 0 unspecified atom stereocenters. The first-order valence-corrected chi connectivity index (χ1v) is 6.87. The summed E-state index contributed by atoms with van der Waals surface area (Å²) in [6, 6.07) is 5.96. The molecule has 1 rings (SSSR count). The molecule has 1 aromatic rings. The summed E-state index contributed by atoms with van der Waals surface area (Å²) in [5.74, 6) is 0. The van der Waals surface area contributed by atoms with E-state index in [2.05, 4.69) is 35.1 Å². The van der Waals surface area contributed by atoms with Crippen LogP contribution in [0.5, 0.6) is 0 Å². The molecule has 0 fully saturated rings. The number of hydrogen-bond donors (Lipinski definition) is 2. The number of aliphatic hydroxyl groups is 1. The zero-order valence-corrected chi connectivity index (χ0v) is 12.6. The Balaban J connectivity index is 2.43. The van der Waals surface area contributed by atoms with Crippen molar-refractivity contribution in [1.82, 2.24) is 5.32 Å². The maximum atomic E-state index is 8.93. The lowest BCUT2D eigenvalue weighted by atomic mass is 9.90. The van der Waals surface area contributed by atoms with E-state index in [4.69, 9.17) is 16.7 Å². The van der Waals surface area contributed by atoms with Crippen LogP contribution in [-0.2, 0) is 6.54 Å². The van der Waals surface area contributed by atoms with Crippen molar-refractivity contribution >= 4 is 27.5 Å². The Labute approximate surface area is 117 Å². The highest BCUT2D eigenvalue weighted by Gasteiger charge is 2.16. The van der Waals surface area contributed by atoms with E-state index in [0.717, 1.165) is 34.6 Å². The molecule has 0 radical (unpaired) electrons. The van der Waals surface area contributed by atoms with E-state index in [9.17, 15) is 0 Å². The van der Waals surface area contributed by atoms with E-state index >= 15 is 0 Å². The number of benzene rings is 1. The third-order valence-electron chi connectivity index (χ3n) is 2.71. The minimum atomic E-state index is 0.119. The van der Waals surface area contributed by atoms with Crippen molar-refractivity contribution in [3.8, 4) is 0 Å². The average Bonchev–Trinajstić information content (AvgIpc) is 2.23. The van der Waals surface area contributed by atoms with Gasteiger partial charge in [-0.25, -0.2) is 0 Å². The largest absolute Gasteiger partial charge is 0.396 e. The van der Waals surface area contributed by atoms with E-state index in [1.54, 1.807) is 0 Å². The monoisotopic (exact) mass is 319 g/mol. The predicted octanol–water partition coefficient (Wildman–Crippen LogP) is 3.60. The maximum absolute atomic E-state index is 8.93. The first-order valence-electron chi connectivity index (χ1n) is 5.70. The van der Waals surface area contributed by atoms with Gasteiger partial charge >= 0.3 is 0 Å². The molecule has 0 aliphatic carbocycles. The standard InChI is InChI=1S/C13H19BrClNO/c1-13(2,5-6-17)9-16-8-10-3-4-11(14)12(15)7-10/h3-4,7,16-17H,5-6,8-9H2,1-2H3. The lowest BCUT2D eigenvalue weighted by molar-refractivity contribution is 0.207. The number of halogens is 2. The molecule has 0 aliphatic heterocycles. The summed E-state index contributed by atoms with van der Waals surface area (Å²) in [5.41, 5.74) is 1.28. The fraction of sp³-hybridized carbons (Fsp3) is 0.538. The normalized spacial score (nSPS) is 11.8. The quantitative estimate of drug-likeness (QED) is 0.839. The topological polar surface area (TPSA) is 32.3 Å². The molecule has 17 heavy (non-hydrogen) atoms. The molecule has 96 valence electrons. The third kappa shape index (κ3) is 5.38. The van der Waals surface area contributed by atoms with E-state index in [1.807, 2.05) is 18.2 Å². The second kappa shape index (κ2) is 6.74. The summed E-state index contributed by atoms with van der Waals surface area (Å²) >= 11 is 9.39. The van der Waals surface area contributed by atoms with Gasteiger partial charge in [0, 0.05) is 24.2 Å². The molecular weight excluding hydrogens is 302 g/mol. The Morgan fingerprint density at radius 3 is 2.71 bits per heavy atom. The molecule has 2 N–H and O–H groups in total. The zero-order valence-electron chi connectivity index (χ0n) is 10.3. The Kier molecular flexibility index (Phi) is 5.93. The second-order valence-corrected chi connectivity index (χ2v) is 6.25. The van der Waals surface area contributed by atoms with Crippen LogP contribution in [0.2, 0.25) is 5.02 Å². The molecule has 2 nitrogen and oxygen atoms in total. The molecule has 1 aromatic carbocycles. The van der Waals surface area contributed by atoms with Crippen LogP contribution in [0, 0.1) is 5.41 Å². The number of rotatable bonds is 6. The van der Waals surface area contributed by atoms with Gasteiger partial charge in [0.15, 0.2) is 0 Å². The summed E-state index contributed by atoms with van der Waals surface area (Å²) in [7, 11) is 0. The SMILES string of the molecule is CC(C)(CCO)CNCc1ccc(Br)c(Cl)c1. The highest BCUT2D eigenvalue weighted by atomic mass is 79.9. The molecule has 0 heterocycles. The summed E-state index contributed by atoms with van der Waals surface area (Å²) in [5, 5.41) is 13.1. The smallest absolute Gasteiger partial charge is 0.0551 e. The van der Waals surface area contributed by atoms with Gasteiger partial charge in [-0.2, -0.15) is 0 Å². The molecule has 0 aromatic heterocycles. The summed E-state index contributed by atoms with van der Waals surface area (Å²) in [6.45, 7) is 6.19. The second-order valence-electron chi connectivity index (χ2n) is 4.99. The maximum Gasteiger partial charge on any atom is 0.0551 e. The fourth-order valence-electron chi connectivity index (χ4n) is 1.59. The lowest BCUT2D eigenvalue weighted by Gasteiger charge is -2.24. The van der Waals surface area contributed by atoms with Crippen LogP contribution in [-0.4, -0.2) is 18.3 Å². The summed E-state index contributed by atoms with van der Waals surface area (Å²) in [4.78, 5) is 0. The van der Waals surface area contributed by atoms with Gasteiger partial charge in [0.2, 0.25) is 0 Å². The summed E-state index contributed by atoms with van der Waals surface area (Å²) in [6.07, 6.45) is 0.807. The van der Waals surface area contributed by atoms with Gasteiger partial charge in [-0.05, 0) is 45.5 Å². The molecule has 0 bridgehead atoms. The van der Waals surface area contributed by atoms with Crippen molar-refractivity contribution in [2.24, 2.45) is 5.41 Å². The van der Waals surface area contributed by atoms with E-state index < -0.39 is 0 Å². The molecule has 0 atom stereocenters. The van der Waals surface area contributed by atoms with Gasteiger partial charge in [0.25, 0.3) is 0 Å². The Hall–Kier alpha value is -0.0900. The van der Waals surface area contributed by atoms with Crippen molar-refractivity contribution in [3.05, 3.63) is 33.3 Å². The van der Waals surface area contributed by atoms with Crippen LogP contribution >= 0.6 is 27.5 Å². The molecule has 0 saturated heterocycles. The minimum absolute atomic E-state index is 0.119. The highest BCUT2D eigenvalue weighted by molar-refractivity contribution is 9.10. The number of hydrogen-bond acceptors (Lipinski definition) is 2. The van der Waals surface area contributed by atoms with Crippen molar-refractivity contribution in [1.29, 1.82) is 0 Å². The minimum Gasteiger partial charge on any atom is -0.396 e. The first kappa shape index (κ1) is 15.0. The zero-order chi connectivity index (χ0) is 12.9. The Bertz CT molecular complexity index is 368. The Morgan fingerprint density at radius 1 is 1.41 bits per heavy atom. The molecule has 0 saturated carbocycles. The van der Waals surface area contributed by atoms with Gasteiger partial charge in [0.05, 0.1) is 5.02 Å². The van der Waals surface area contributed by atoms with E-state index in [1.165, 1.54) is 0 Å². The molecule has 0 aliphatic rings. The molecule has 0 amide bonds. The van der Waals surface area contributed by atoms with Gasteiger partial charge in [-0.1, -0.05) is 31.5 Å². The van der Waals surface area contributed by atoms with Crippen LogP contribution in [0.25, 0.3) is 0 Å². The van der Waals surface area contributed by atoms with Crippen molar-refractivity contribution < 1.29 is 5.11 Å². The highest BCUT2D eigenvalue weighted by Crippen LogP contribution is 2.23. The van der Waals surface area contributed by atoms with Crippen LogP contribution in [0.1, 0.15) is 25.8 Å². The Morgan fingerprint density at radius 2 is 2.12 bits per heavy atom. The van der Waals surface area contributed by atoms with Crippen LogP contribution in [0.4, 0.5) is 0 Å². The third-order valence-corrected chi connectivity index (χ3v) is 3.94. The van der Waals surface area contributed by atoms with Crippen LogP contribution < -0.4 is 5.32 Å². The van der Waals surface area contributed by atoms with E-state index in [-0.39, 0.29) is 12.0 Å². The van der Waals surface area contributed by atoms with Crippen molar-refractivity contribution in [2.45, 2.75) is 26.8 Å².